The molecule has 0 bridgehead atoms. The van der Waals surface area contributed by atoms with Crippen LogP contribution in [-0.4, -0.2) is 19.4 Å². The first-order valence-corrected chi connectivity index (χ1v) is 1.09. The highest BCUT2D eigenvalue weighted by Crippen LogP contribution is 1.12. The minimum atomic E-state index is 0.194. The van der Waals surface area contributed by atoms with E-state index in [0.717, 1.165) is 0 Å². The van der Waals surface area contributed by atoms with Crippen LogP contribution in [-0.2, 0) is 14.4 Å². The fraction of sp³-hybridized carbons (Fsp3) is 0. The van der Waals surface area contributed by atoms with Crippen LogP contribution >= 0.6 is 0 Å². The van der Waals surface area contributed by atoms with Crippen molar-refractivity contribution >= 4 is 19.4 Å². The second kappa shape index (κ2) is 35.6. The number of carbonyl (C=O) groups excluding carboxylic acids is 3. The Balaban J connectivity index is 0. The van der Waals surface area contributed by atoms with E-state index in [9.17, 15) is 0 Å². The number of carbonyl (C=O) groups is 3. The number of hydrogen-bond donors (Lipinski definition) is 0. The Kier molecular flexibility index (Phi) is 52.8. The van der Waals surface area contributed by atoms with Gasteiger partial charge in [-0.15, -0.1) is 0 Å². The average molecular weight is 88.1 g/mol. The van der Waals surface area contributed by atoms with Crippen LogP contribution in [0.3, 0.4) is 0 Å². The standard InChI is InChI=1S/C2H2O2.CH2O/c3-1-2-4;1-2/h1-2H;1H2. The van der Waals surface area contributed by atoms with Gasteiger partial charge in [-0.3, -0.25) is 9.59 Å². The Morgan fingerprint density at radius 2 is 1.17 bits per heavy atom. The third kappa shape index (κ3) is 122000. The summed E-state index contributed by atoms with van der Waals surface area (Å²) in [4.78, 5) is 25.6. The lowest BCUT2D eigenvalue weighted by Gasteiger charge is -1.31. The van der Waals surface area contributed by atoms with Crippen molar-refractivity contribution in [2.45, 2.75) is 0 Å². The van der Waals surface area contributed by atoms with E-state index in [1.54, 1.807) is 0 Å². The van der Waals surface area contributed by atoms with Gasteiger partial charge in [-0.2, -0.15) is 0 Å². The second-order valence-electron chi connectivity index (χ2n) is 0.272. The summed E-state index contributed by atoms with van der Waals surface area (Å²) in [5.74, 6) is 0. The summed E-state index contributed by atoms with van der Waals surface area (Å²) in [5.41, 5.74) is 0. The molecule has 0 radical (unpaired) electrons. The summed E-state index contributed by atoms with van der Waals surface area (Å²) in [7, 11) is 0. The first-order valence-electron chi connectivity index (χ1n) is 1.09. The van der Waals surface area contributed by atoms with Crippen molar-refractivity contribution in [1.82, 2.24) is 0 Å². The lowest BCUT2D eigenvalue weighted by molar-refractivity contribution is -0.122. The molecule has 0 amide bonds. The molecule has 0 heterocycles. The number of rotatable bonds is 1. The zero-order chi connectivity index (χ0) is 5.41. The first-order chi connectivity index (χ1) is 2.91. The van der Waals surface area contributed by atoms with Crippen molar-refractivity contribution in [3.8, 4) is 0 Å². The summed E-state index contributed by atoms with van der Waals surface area (Å²) >= 11 is 0. The molecule has 0 aromatic carbocycles. The Labute approximate surface area is 35.0 Å². The molecule has 0 aliphatic heterocycles. The molecule has 0 N–H and O–H groups in total. The summed E-state index contributed by atoms with van der Waals surface area (Å²) in [6.07, 6.45) is 0.389. The van der Waals surface area contributed by atoms with Gasteiger partial charge in [0, 0.05) is 0 Å². The van der Waals surface area contributed by atoms with Gasteiger partial charge < -0.3 is 4.79 Å². The molecule has 0 atom stereocenters. The van der Waals surface area contributed by atoms with Crippen LogP contribution in [0, 0.1) is 0 Å². The van der Waals surface area contributed by atoms with E-state index < -0.39 is 0 Å². The SMILES string of the molecule is C=O.O=CC=O. The molecule has 0 aromatic heterocycles. The highest BCUT2D eigenvalue weighted by atomic mass is 16.2. The van der Waals surface area contributed by atoms with Crippen LogP contribution in [0.2, 0.25) is 0 Å². The molecule has 0 saturated carbocycles. The van der Waals surface area contributed by atoms with Crippen molar-refractivity contribution in [3.05, 3.63) is 0 Å². The van der Waals surface area contributed by atoms with E-state index in [0.29, 0.717) is 0 Å². The van der Waals surface area contributed by atoms with Crippen LogP contribution in [0.25, 0.3) is 0 Å². The second-order valence-corrected chi connectivity index (χ2v) is 0.272. The van der Waals surface area contributed by atoms with Gasteiger partial charge >= 0.3 is 0 Å². The predicted octanol–water partition coefficient (Wildman–Crippen LogP) is -0.801. The molecule has 0 unspecified atom stereocenters. The lowest BCUT2D eigenvalue weighted by Crippen LogP contribution is -1.62. The van der Waals surface area contributed by atoms with Gasteiger partial charge in [0.15, 0.2) is 12.6 Å². The molecule has 6 heavy (non-hydrogen) atoms. The molecule has 3 nitrogen and oxygen atoms in total. The van der Waals surface area contributed by atoms with Gasteiger partial charge in [-0.05, 0) is 0 Å². The Morgan fingerprint density at radius 3 is 1.17 bits per heavy atom. The maximum Gasteiger partial charge on any atom is 0.182 e. The fourth-order valence-electron chi connectivity index (χ4n) is 0. The molecule has 0 fully saturated rings. The van der Waals surface area contributed by atoms with Crippen molar-refractivity contribution in [2.24, 2.45) is 0 Å². The van der Waals surface area contributed by atoms with Crippen molar-refractivity contribution in [1.29, 1.82) is 0 Å². The van der Waals surface area contributed by atoms with E-state index in [2.05, 4.69) is 0 Å². The van der Waals surface area contributed by atoms with Gasteiger partial charge in [0.2, 0.25) is 0 Å². The molecule has 0 aliphatic rings. The highest BCUT2D eigenvalue weighted by Gasteiger charge is 1.47. The van der Waals surface area contributed by atoms with Gasteiger partial charge in [0.1, 0.15) is 6.79 Å². The molecule has 34 valence electrons. The van der Waals surface area contributed by atoms with Crippen LogP contribution < -0.4 is 0 Å². The molecule has 0 aliphatic carbocycles. The summed E-state index contributed by atoms with van der Waals surface area (Å²) in [6.45, 7) is 2.00. The van der Waals surface area contributed by atoms with Gasteiger partial charge in [0.25, 0.3) is 0 Å². The predicted molar refractivity (Wildman–Crippen MR) is 19.2 cm³/mol. The number of aldehydes is 2. The molecule has 0 spiro atoms. The van der Waals surface area contributed by atoms with Crippen LogP contribution in [0.15, 0.2) is 0 Å². The van der Waals surface area contributed by atoms with Crippen molar-refractivity contribution in [3.63, 3.8) is 0 Å². The van der Waals surface area contributed by atoms with E-state index in [4.69, 9.17) is 14.4 Å². The molecule has 0 aromatic rings. The van der Waals surface area contributed by atoms with E-state index in [1.165, 1.54) is 0 Å². The van der Waals surface area contributed by atoms with Crippen LogP contribution in [0.4, 0.5) is 0 Å². The summed E-state index contributed by atoms with van der Waals surface area (Å²) in [5, 5.41) is 0. The minimum absolute atomic E-state index is 0.194. The van der Waals surface area contributed by atoms with Crippen molar-refractivity contribution in [2.75, 3.05) is 0 Å². The maximum atomic E-state index is 8.81. The summed E-state index contributed by atoms with van der Waals surface area (Å²) < 4.78 is 0. The smallest absolute Gasteiger partial charge is 0.182 e. The van der Waals surface area contributed by atoms with E-state index in [1.807, 2.05) is 6.79 Å². The van der Waals surface area contributed by atoms with E-state index in [-0.39, 0.29) is 12.6 Å². The molecule has 0 rings (SSSR count). The van der Waals surface area contributed by atoms with Gasteiger partial charge in [-0.25, -0.2) is 0 Å². The Morgan fingerprint density at radius 1 is 1.00 bits per heavy atom. The largest absolute Gasteiger partial charge is 0.307 e. The van der Waals surface area contributed by atoms with Crippen LogP contribution in [0.1, 0.15) is 0 Å². The zero-order valence-electron chi connectivity index (χ0n) is 3.09. The monoisotopic (exact) mass is 88.0 g/mol. The fourth-order valence-corrected chi connectivity index (χ4v) is 0. The number of hydrogen-bond acceptors (Lipinski definition) is 3. The normalized spacial score (nSPS) is 4.00. The third-order valence-electron chi connectivity index (χ3n) is 0.0556. The lowest BCUT2D eigenvalue weighted by atomic mass is 10.9. The molecular formula is C3H4O3. The van der Waals surface area contributed by atoms with Crippen molar-refractivity contribution < 1.29 is 14.4 Å². The van der Waals surface area contributed by atoms with Crippen LogP contribution in [0.5, 0.6) is 0 Å². The zero-order valence-corrected chi connectivity index (χ0v) is 3.09. The van der Waals surface area contributed by atoms with Gasteiger partial charge in [0.05, 0.1) is 0 Å². The van der Waals surface area contributed by atoms with E-state index >= 15 is 0 Å². The quantitative estimate of drug-likeness (QED) is 0.311. The average Bonchev–Trinajstić information content (AvgIpc) is 1.72. The minimum Gasteiger partial charge on any atom is -0.307 e. The molecular weight excluding hydrogens is 84.0 g/mol. The molecule has 0 saturated heterocycles. The highest BCUT2D eigenvalue weighted by molar-refractivity contribution is 6.09. The first kappa shape index (κ1) is 8.89. The summed E-state index contributed by atoms with van der Waals surface area (Å²) in [6, 6.07) is 0. The Hall–Kier alpha value is -0.990. The Bertz CT molecular complexity index is 35.3. The topological polar surface area (TPSA) is 51.2 Å². The molecule has 3 heteroatoms. The third-order valence-corrected chi connectivity index (χ3v) is 0.0556. The maximum absolute atomic E-state index is 8.81. The van der Waals surface area contributed by atoms with Gasteiger partial charge in [-0.1, -0.05) is 0 Å².